The van der Waals surface area contributed by atoms with E-state index in [1.54, 1.807) is 37.4 Å². The van der Waals surface area contributed by atoms with Gasteiger partial charge in [-0.25, -0.2) is 0 Å². The number of hydrogen-bond acceptors (Lipinski definition) is 4. The van der Waals surface area contributed by atoms with Crippen LogP contribution >= 0.6 is 0 Å². The molecule has 0 spiro atoms. The molecule has 5 nitrogen and oxygen atoms in total. The molecule has 0 fully saturated rings. The van der Waals surface area contributed by atoms with E-state index in [4.69, 9.17) is 9.47 Å². The van der Waals surface area contributed by atoms with Crippen LogP contribution in [0.4, 0.5) is 5.69 Å². The van der Waals surface area contributed by atoms with Crippen molar-refractivity contribution >= 4 is 28.4 Å². The third-order valence-electron chi connectivity index (χ3n) is 5.10. The Labute approximate surface area is 192 Å². The Bertz CT molecular complexity index is 1350. The SMILES string of the molecule is COc1cc(/C=C(/C#N)C(=O)Nc2ccccc2)ccc1OCc1ccc2ccccc2c1. The number of nitrogens with one attached hydrogen (secondary N) is 1. The number of rotatable bonds is 7. The zero-order valence-corrected chi connectivity index (χ0v) is 18.1. The summed E-state index contributed by atoms with van der Waals surface area (Å²) in [4.78, 5) is 12.5. The number of anilines is 1. The van der Waals surface area contributed by atoms with Gasteiger partial charge in [0.15, 0.2) is 11.5 Å². The van der Waals surface area contributed by atoms with E-state index in [1.165, 1.54) is 11.5 Å². The van der Waals surface area contributed by atoms with E-state index in [-0.39, 0.29) is 5.57 Å². The standard InChI is InChI=1S/C28H22N2O3/c1-32-27-17-20(15-24(18-29)28(31)30-25-9-3-2-4-10-25)12-14-26(27)33-19-21-11-13-22-7-5-6-8-23(22)16-21/h2-17H,19H2,1H3,(H,30,31)/b24-15-. The molecule has 0 unspecified atom stereocenters. The molecule has 4 aromatic rings. The molecule has 0 radical (unpaired) electrons. The highest BCUT2D eigenvalue weighted by Gasteiger charge is 2.11. The van der Waals surface area contributed by atoms with Crippen LogP contribution < -0.4 is 14.8 Å². The highest BCUT2D eigenvalue weighted by molar-refractivity contribution is 6.09. The van der Waals surface area contributed by atoms with Crippen molar-refractivity contribution < 1.29 is 14.3 Å². The number of carbonyl (C=O) groups is 1. The molecule has 162 valence electrons. The molecule has 0 aliphatic carbocycles. The van der Waals surface area contributed by atoms with Crippen molar-refractivity contribution in [3.8, 4) is 17.6 Å². The Morgan fingerprint density at radius 2 is 1.67 bits per heavy atom. The van der Waals surface area contributed by atoms with Gasteiger partial charge < -0.3 is 14.8 Å². The van der Waals surface area contributed by atoms with E-state index in [0.29, 0.717) is 29.4 Å². The van der Waals surface area contributed by atoms with Crippen LogP contribution in [0.2, 0.25) is 0 Å². The number of fused-ring (bicyclic) bond motifs is 1. The number of para-hydroxylation sites is 1. The minimum absolute atomic E-state index is 0.00858. The monoisotopic (exact) mass is 434 g/mol. The molecule has 4 aromatic carbocycles. The first-order valence-electron chi connectivity index (χ1n) is 10.4. The number of benzene rings is 4. The van der Waals surface area contributed by atoms with Gasteiger partial charge in [-0.05, 0) is 58.3 Å². The summed E-state index contributed by atoms with van der Waals surface area (Å²) in [6, 6.07) is 30.6. The van der Waals surface area contributed by atoms with Crippen LogP contribution in [0.25, 0.3) is 16.8 Å². The number of carbonyl (C=O) groups excluding carboxylic acids is 1. The Balaban J connectivity index is 1.49. The quantitative estimate of drug-likeness (QED) is 0.287. The van der Waals surface area contributed by atoms with Crippen LogP contribution in [0.5, 0.6) is 11.5 Å². The predicted octanol–water partition coefficient (Wildman–Crippen LogP) is 5.97. The molecule has 0 heterocycles. The molecule has 1 amide bonds. The largest absolute Gasteiger partial charge is 0.493 e. The number of ether oxygens (including phenoxy) is 2. The van der Waals surface area contributed by atoms with Gasteiger partial charge in [0, 0.05) is 5.69 Å². The predicted molar refractivity (Wildman–Crippen MR) is 130 cm³/mol. The lowest BCUT2D eigenvalue weighted by Gasteiger charge is -2.12. The van der Waals surface area contributed by atoms with Gasteiger partial charge in [-0.2, -0.15) is 5.26 Å². The van der Waals surface area contributed by atoms with Crippen molar-refractivity contribution in [2.24, 2.45) is 0 Å². The molecule has 0 saturated carbocycles. The van der Waals surface area contributed by atoms with E-state index in [2.05, 4.69) is 29.6 Å². The summed E-state index contributed by atoms with van der Waals surface area (Å²) in [5.41, 5.74) is 2.32. The zero-order valence-electron chi connectivity index (χ0n) is 18.1. The van der Waals surface area contributed by atoms with Crippen molar-refractivity contribution in [2.45, 2.75) is 6.61 Å². The maximum Gasteiger partial charge on any atom is 0.266 e. The normalized spacial score (nSPS) is 11.0. The van der Waals surface area contributed by atoms with Crippen molar-refractivity contribution in [3.63, 3.8) is 0 Å². The second kappa shape index (κ2) is 10.2. The van der Waals surface area contributed by atoms with E-state index in [9.17, 15) is 10.1 Å². The number of hydrogen-bond donors (Lipinski definition) is 1. The molecule has 0 atom stereocenters. The van der Waals surface area contributed by atoms with Crippen molar-refractivity contribution in [2.75, 3.05) is 12.4 Å². The lowest BCUT2D eigenvalue weighted by atomic mass is 10.1. The maximum atomic E-state index is 12.5. The third kappa shape index (κ3) is 5.38. The summed E-state index contributed by atoms with van der Waals surface area (Å²) in [7, 11) is 1.55. The second-order valence-corrected chi connectivity index (χ2v) is 7.37. The van der Waals surface area contributed by atoms with Crippen LogP contribution in [-0.2, 0) is 11.4 Å². The maximum absolute atomic E-state index is 12.5. The van der Waals surface area contributed by atoms with E-state index >= 15 is 0 Å². The summed E-state index contributed by atoms with van der Waals surface area (Å²) >= 11 is 0. The number of nitrogens with zero attached hydrogens (tertiary/aromatic N) is 1. The summed E-state index contributed by atoms with van der Waals surface area (Å²) in [5.74, 6) is 0.625. The molecular weight excluding hydrogens is 412 g/mol. The number of nitriles is 1. The molecule has 0 aliphatic rings. The van der Waals surface area contributed by atoms with E-state index in [0.717, 1.165) is 10.9 Å². The average Bonchev–Trinajstić information content (AvgIpc) is 2.86. The van der Waals surface area contributed by atoms with Gasteiger partial charge in [0.05, 0.1) is 7.11 Å². The molecule has 0 aliphatic heterocycles. The van der Waals surface area contributed by atoms with E-state index in [1.807, 2.05) is 42.5 Å². The Kier molecular flexibility index (Phi) is 6.67. The summed E-state index contributed by atoms with van der Waals surface area (Å²) in [6.07, 6.45) is 1.52. The minimum atomic E-state index is -0.473. The Morgan fingerprint density at radius 1 is 0.909 bits per heavy atom. The third-order valence-corrected chi connectivity index (χ3v) is 5.10. The van der Waals surface area contributed by atoms with Gasteiger partial charge in [0.2, 0.25) is 0 Å². The Hall–Kier alpha value is -4.56. The smallest absolute Gasteiger partial charge is 0.266 e. The first-order valence-corrected chi connectivity index (χ1v) is 10.4. The number of methoxy groups -OCH3 is 1. The zero-order chi connectivity index (χ0) is 23.0. The van der Waals surface area contributed by atoms with Gasteiger partial charge in [-0.15, -0.1) is 0 Å². The molecule has 0 aromatic heterocycles. The molecule has 5 heteroatoms. The lowest BCUT2D eigenvalue weighted by molar-refractivity contribution is -0.112. The average molecular weight is 434 g/mol. The van der Waals surface area contributed by atoms with Crippen molar-refractivity contribution in [3.05, 3.63) is 108 Å². The van der Waals surface area contributed by atoms with Gasteiger partial charge in [-0.3, -0.25) is 4.79 Å². The van der Waals surface area contributed by atoms with Gasteiger partial charge in [-0.1, -0.05) is 60.7 Å². The number of amides is 1. The molecule has 4 rings (SSSR count). The topological polar surface area (TPSA) is 71.3 Å². The summed E-state index contributed by atoms with van der Waals surface area (Å²) in [5, 5.41) is 14.5. The molecule has 33 heavy (non-hydrogen) atoms. The summed E-state index contributed by atoms with van der Waals surface area (Å²) < 4.78 is 11.5. The fraction of sp³-hybridized carbons (Fsp3) is 0.0714. The lowest BCUT2D eigenvalue weighted by Crippen LogP contribution is -2.13. The highest BCUT2D eigenvalue weighted by atomic mass is 16.5. The molecule has 0 saturated heterocycles. The minimum Gasteiger partial charge on any atom is -0.493 e. The van der Waals surface area contributed by atoms with Gasteiger partial charge >= 0.3 is 0 Å². The van der Waals surface area contributed by atoms with Crippen LogP contribution in [0, 0.1) is 11.3 Å². The van der Waals surface area contributed by atoms with Crippen LogP contribution in [-0.4, -0.2) is 13.0 Å². The summed E-state index contributed by atoms with van der Waals surface area (Å²) in [6.45, 7) is 0.388. The van der Waals surface area contributed by atoms with Crippen LogP contribution in [0.3, 0.4) is 0 Å². The second-order valence-electron chi connectivity index (χ2n) is 7.37. The first-order chi connectivity index (χ1) is 16.2. The molecular formula is C28H22N2O3. The van der Waals surface area contributed by atoms with Crippen LogP contribution in [0.1, 0.15) is 11.1 Å². The van der Waals surface area contributed by atoms with Gasteiger partial charge in [0.25, 0.3) is 5.91 Å². The molecule has 0 bridgehead atoms. The fourth-order valence-corrected chi connectivity index (χ4v) is 3.42. The molecule has 1 N–H and O–H groups in total. The van der Waals surface area contributed by atoms with Gasteiger partial charge in [0.1, 0.15) is 18.2 Å². The van der Waals surface area contributed by atoms with Crippen LogP contribution in [0.15, 0.2) is 96.6 Å². The highest BCUT2D eigenvalue weighted by Crippen LogP contribution is 2.30. The van der Waals surface area contributed by atoms with Crippen molar-refractivity contribution in [1.82, 2.24) is 0 Å². The Morgan fingerprint density at radius 3 is 2.42 bits per heavy atom. The van der Waals surface area contributed by atoms with Crippen molar-refractivity contribution in [1.29, 1.82) is 5.26 Å². The first kappa shape index (κ1) is 21.7. The van der Waals surface area contributed by atoms with E-state index < -0.39 is 5.91 Å². The fourth-order valence-electron chi connectivity index (χ4n) is 3.42.